The number of anilines is 1. The molecule has 0 aliphatic heterocycles. The van der Waals surface area contributed by atoms with Gasteiger partial charge in [-0.25, -0.2) is 0 Å². The fourth-order valence-corrected chi connectivity index (χ4v) is 3.76. The van der Waals surface area contributed by atoms with Gasteiger partial charge in [0.2, 0.25) is 5.13 Å². The van der Waals surface area contributed by atoms with Crippen molar-refractivity contribution in [2.24, 2.45) is 5.92 Å². The lowest BCUT2D eigenvalue weighted by atomic mass is 10.2. The van der Waals surface area contributed by atoms with Gasteiger partial charge in [-0.1, -0.05) is 55.5 Å². The topological polar surface area (TPSA) is 73.3 Å². The van der Waals surface area contributed by atoms with Crippen LogP contribution in [0.2, 0.25) is 5.02 Å². The van der Waals surface area contributed by atoms with Gasteiger partial charge in [0.05, 0.1) is 18.7 Å². The quantitative estimate of drug-likeness (QED) is 0.514. The van der Waals surface area contributed by atoms with Crippen LogP contribution in [0, 0.1) is 5.92 Å². The highest BCUT2D eigenvalue weighted by molar-refractivity contribution is 8.01. The Morgan fingerprint density at radius 2 is 2.16 bits per heavy atom. The van der Waals surface area contributed by atoms with Crippen LogP contribution in [0.4, 0.5) is 5.13 Å². The molecule has 0 saturated heterocycles. The maximum absolute atomic E-state index is 12.4. The summed E-state index contributed by atoms with van der Waals surface area (Å²) in [5.41, 5.74) is 0.360. The smallest absolute Gasteiger partial charge is 0.257 e. The van der Waals surface area contributed by atoms with Crippen molar-refractivity contribution in [3.8, 4) is 11.5 Å². The van der Waals surface area contributed by atoms with E-state index in [-0.39, 0.29) is 5.91 Å². The van der Waals surface area contributed by atoms with Crippen molar-refractivity contribution < 1.29 is 14.3 Å². The Morgan fingerprint density at radius 3 is 2.80 bits per heavy atom. The molecule has 0 radical (unpaired) electrons. The summed E-state index contributed by atoms with van der Waals surface area (Å²) in [4.78, 5) is 12.4. The Labute approximate surface area is 160 Å². The number of nitrogens with one attached hydrogen (secondary N) is 1. The van der Waals surface area contributed by atoms with Gasteiger partial charge in [-0.3, -0.25) is 10.1 Å². The number of ether oxygens (including phenoxy) is 2. The number of methoxy groups -OCH3 is 1. The zero-order valence-corrected chi connectivity index (χ0v) is 16.8. The van der Waals surface area contributed by atoms with Crippen molar-refractivity contribution in [2.75, 3.05) is 24.8 Å². The van der Waals surface area contributed by atoms with Gasteiger partial charge in [-0.05, 0) is 23.8 Å². The largest absolute Gasteiger partial charge is 0.493 e. The van der Waals surface area contributed by atoms with E-state index < -0.39 is 0 Å². The van der Waals surface area contributed by atoms with Crippen LogP contribution in [0.1, 0.15) is 31.1 Å². The average Bonchev–Trinajstić information content (AvgIpc) is 3.00. The van der Waals surface area contributed by atoms with Crippen LogP contribution in [0.25, 0.3) is 0 Å². The lowest BCUT2D eigenvalue weighted by Gasteiger charge is -2.15. The summed E-state index contributed by atoms with van der Waals surface area (Å²) >= 11 is 9.18. The maximum Gasteiger partial charge on any atom is 0.257 e. The first kappa shape index (κ1) is 19.8. The molecule has 1 N–H and O–H groups in total. The van der Waals surface area contributed by atoms with E-state index in [1.54, 1.807) is 23.9 Å². The molecule has 2 aromatic rings. The molecule has 0 unspecified atom stereocenters. The zero-order valence-electron chi connectivity index (χ0n) is 14.5. The number of rotatable bonds is 8. The van der Waals surface area contributed by atoms with Crippen molar-refractivity contribution in [3.63, 3.8) is 0 Å². The van der Waals surface area contributed by atoms with Crippen molar-refractivity contribution in [3.05, 3.63) is 22.7 Å². The van der Waals surface area contributed by atoms with Gasteiger partial charge >= 0.3 is 0 Å². The van der Waals surface area contributed by atoms with E-state index in [2.05, 4.69) is 15.5 Å². The Kier molecular flexibility index (Phi) is 7.34. The molecule has 1 aromatic carbocycles. The summed E-state index contributed by atoms with van der Waals surface area (Å²) in [5, 5.41) is 11.5. The molecule has 0 atom stereocenters. The maximum atomic E-state index is 12.4. The van der Waals surface area contributed by atoms with Crippen molar-refractivity contribution >= 4 is 45.7 Å². The predicted octanol–water partition coefficient (Wildman–Crippen LogP) is 4.60. The van der Waals surface area contributed by atoms with E-state index in [0.717, 1.165) is 10.1 Å². The first-order valence-corrected chi connectivity index (χ1v) is 9.90. The third-order valence-electron chi connectivity index (χ3n) is 2.95. The van der Waals surface area contributed by atoms with Gasteiger partial charge in [-0.2, -0.15) is 0 Å². The molecule has 1 heterocycles. The third-order valence-corrected chi connectivity index (χ3v) is 5.08. The SMILES string of the molecule is CCSc1nnc(NC(=O)c2cc(Cl)c(OCC(C)C)c(OC)c2)s1. The van der Waals surface area contributed by atoms with Gasteiger partial charge in [0, 0.05) is 5.56 Å². The van der Waals surface area contributed by atoms with Gasteiger partial charge in [0.1, 0.15) is 0 Å². The lowest BCUT2D eigenvalue weighted by molar-refractivity contribution is 0.102. The van der Waals surface area contributed by atoms with Crippen molar-refractivity contribution in [2.45, 2.75) is 25.1 Å². The van der Waals surface area contributed by atoms with E-state index in [0.29, 0.717) is 39.7 Å². The number of thioether (sulfide) groups is 1. The number of carbonyl (C=O) groups is 1. The molecule has 0 bridgehead atoms. The number of hydrogen-bond donors (Lipinski definition) is 1. The van der Waals surface area contributed by atoms with Crippen LogP contribution in [0.15, 0.2) is 16.5 Å². The van der Waals surface area contributed by atoms with E-state index in [9.17, 15) is 4.79 Å². The van der Waals surface area contributed by atoms with Crippen LogP contribution in [0.5, 0.6) is 11.5 Å². The number of nitrogens with zero attached hydrogens (tertiary/aromatic N) is 2. The van der Waals surface area contributed by atoms with E-state index in [4.69, 9.17) is 21.1 Å². The summed E-state index contributed by atoms with van der Waals surface area (Å²) in [6.45, 7) is 6.61. The average molecular weight is 402 g/mol. The molecule has 0 fully saturated rings. The number of aromatic nitrogens is 2. The van der Waals surface area contributed by atoms with Crippen LogP contribution in [0.3, 0.4) is 0 Å². The van der Waals surface area contributed by atoms with Gasteiger partial charge in [0.15, 0.2) is 15.8 Å². The second kappa shape index (κ2) is 9.26. The monoisotopic (exact) mass is 401 g/mol. The molecule has 25 heavy (non-hydrogen) atoms. The summed E-state index contributed by atoms with van der Waals surface area (Å²) in [6, 6.07) is 3.15. The molecule has 0 aliphatic rings. The lowest BCUT2D eigenvalue weighted by Crippen LogP contribution is -2.13. The fourth-order valence-electron chi connectivity index (χ4n) is 1.85. The van der Waals surface area contributed by atoms with Crippen molar-refractivity contribution in [1.29, 1.82) is 0 Å². The van der Waals surface area contributed by atoms with Crippen LogP contribution in [-0.4, -0.2) is 35.6 Å². The number of hydrogen-bond acceptors (Lipinski definition) is 7. The summed E-state index contributed by atoms with van der Waals surface area (Å²) < 4.78 is 11.8. The Morgan fingerprint density at radius 1 is 1.40 bits per heavy atom. The molecular weight excluding hydrogens is 382 g/mol. The number of carbonyl (C=O) groups excluding carboxylic acids is 1. The number of benzene rings is 1. The van der Waals surface area contributed by atoms with E-state index in [1.165, 1.54) is 18.4 Å². The molecule has 6 nitrogen and oxygen atoms in total. The van der Waals surface area contributed by atoms with E-state index >= 15 is 0 Å². The van der Waals surface area contributed by atoms with Crippen LogP contribution in [-0.2, 0) is 0 Å². The normalized spacial score (nSPS) is 10.8. The second-order valence-electron chi connectivity index (χ2n) is 5.45. The molecule has 1 aromatic heterocycles. The molecule has 136 valence electrons. The molecule has 0 aliphatic carbocycles. The number of amides is 1. The van der Waals surface area contributed by atoms with Gasteiger partial charge in [-0.15, -0.1) is 10.2 Å². The molecule has 0 spiro atoms. The van der Waals surface area contributed by atoms with Crippen LogP contribution < -0.4 is 14.8 Å². The highest BCUT2D eigenvalue weighted by Gasteiger charge is 2.17. The Hall–Kier alpha value is -1.51. The van der Waals surface area contributed by atoms with Gasteiger partial charge in [0.25, 0.3) is 5.91 Å². The summed E-state index contributed by atoms with van der Waals surface area (Å²) in [7, 11) is 1.51. The molecule has 0 saturated carbocycles. The zero-order chi connectivity index (χ0) is 18.4. The summed E-state index contributed by atoms with van der Waals surface area (Å²) in [5.74, 6) is 1.76. The van der Waals surface area contributed by atoms with E-state index in [1.807, 2.05) is 20.8 Å². The fraction of sp³-hybridized carbons (Fsp3) is 0.438. The molecular formula is C16H20ClN3O3S2. The molecule has 9 heteroatoms. The molecule has 1 amide bonds. The second-order valence-corrected chi connectivity index (χ2v) is 8.35. The Bertz CT molecular complexity index is 737. The summed E-state index contributed by atoms with van der Waals surface area (Å²) in [6.07, 6.45) is 0. The molecule has 2 rings (SSSR count). The first-order valence-electron chi connectivity index (χ1n) is 7.72. The first-order chi connectivity index (χ1) is 11.9. The minimum atomic E-state index is -0.334. The minimum Gasteiger partial charge on any atom is -0.493 e. The van der Waals surface area contributed by atoms with Gasteiger partial charge < -0.3 is 9.47 Å². The third kappa shape index (κ3) is 5.49. The highest BCUT2D eigenvalue weighted by atomic mass is 35.5. The predicted molar refractivity (Wildman–Crippen MR) is 103 cm³/mol. The number of halogens is 1. The minimum absolute atomic E-state index is 0.324. The van der Waals surface area contributed by atoms with Crippen LogP contribution >= 0.6 is 34.7 Å². The Balaban J connectivity index is 2.17. The van der Waals surface area contributed by atoms with Crippen molar-refractivity contribution in [1.82, 2.24) is 10.2 Å². The standard InChI is InChI=1S/C16H20ClN3O3S2/c1-5-24-16-20-19-15(25-16)18-14(21)10-6-11(17)13(12(7-10)22-4)23-8-9(2)3/h6-7,9H,5,8H2,1-4H3,(H,18,19,21). The highest BCUT2D eigenvalue weighted by Crippen LogP contribution is 2.37.